The van der Waals surface area contributed by atoms with Gasteiger partial charge in [-0.05, 0) is 57.1 Å². The van der Waals surface area contributed by atoms with E-state index in [0.717, 1.165) is 37.0 Å². The quantitative estimate of drug-likeness (QED) is 0.817. The Balaban J connectivity index is 1.71. The van der Waals surface area contributed by atoms with Gasteiger partial charge in [0, 0.05) is 30.9 Å². The molecule has 2 aliphatic rings. The maximum Gasteiger partial charge on any atom is 0.138 e. The third-order valence-corrected chi connectivity index (χ3v) is 5.59. The Kier molecular flexibility index (Phi) is 4.60. The Bertz CT molecular complexity index is 742. The van der Waals surface area contributed by atoms with Gasteiger partial charge in [-0.25, -0.2) is 9.97 Å². The number of rotatable bonds is 3. The number of piperidine rings is 1. The minimum atomic E-state index is 0.615. The molecule has 0 radical (unpaired) electrons. The molecular weight excluding hydrogens is 308 g/mol. The van der Waals surface area contributed by atoms with E-state index in [1.807, 2.05) is 6.92 Å². The number of hydrogen-bond donors (Lipinski definition) is 0. The lowest BCUT2D eigenvalue weighted by Gasteiger charge is -2.37. The van der Waals surface area contributed by atoms with Gasteiger partial charge in [-0.1, -0.05) is 25.1 Å². The molecule has 25 heavy (non-hydrogen) atoms. The van der Waals surface area contributed by atoms with Gasteiger partial charge in [0.05, 0.1) is 0 Å². The molecule has 1 atom stereocenters. The van der Waals surface area contributed by atoms with E-state index >= 15 is 0 Å². The first-order valence-corrected chi connectivity index (χ1v) is 9.74. The largest absolute Gasteiger partial charge is 0.353 e. The molecule has 132 valence electrons. The van der Waals surface area contributed by atoms with E-state index < -0.39 is 0 Å². The summed E-state index contributed by atoms with van der Waals surface area (Å²) in [5.41, 5.74) is 2.74. The molecular formula is C21H28N4. The number of nitrogens with zero attached hydrogens (tertiary/aromatic N) is 4. The fraction of sp³-hybridized carbons (Fsp3) is 0.524. The van der Waals surface area contributed by atoms with Gasteiger partial charge in [-0.15, -0.1) is 0 Å². The Morgan fingerprint density at radius 1 is 1.04 bits per heavy atom. The molecule has 4 nitrogen and oxygen atoms in total. The van der Waals surface area contributed by atoms with Crippen LogP contribution in [0.3, 0.4) is 0 Å². The summed E-state index contributed by atoms with van der Waals surface area (Å²) < 4.78 is 0. The fourth-order valence-electron chi connectivity index (χ4n) is 4.32. The summed E-state index contributed by atoms with van der Waals surface area (Å²) in [5.74, 6) is 3.03. The van der Waals surface area contributed by atoms with Crippen molar-refractivity contribution >= 4 is 17.3 Å². The van der Waals surface area contributed by atoms with Crippen LogP contribution >= 0.6 is 0 Å². The third kappa shape index (κ3) is 3.22. The van der Waals surface area contributed by atoms with Crippen LogP contribution in [0.5, 0.6) is 0 Å². The number of aryl methyl sites for hydroxylation is 2. The zero-order valence-corrected chi connectivity index (χ0v) is 15.4. The Labute approximate surface area is 150 Å². The van der Waals surface area contributed by atoms with Crippen LogP contribution in [-0.4, -0.2) is 29.1 Å². The number of hydrogen-bond acceptors (Lipinski definition) is 4. The zero-order valence-electron chi connectivity index (χ0n) is 15.4. The predicted molar refractivity (Wildman–Crippen MR) is 104 cm³/mol. The van der Waals surface area contributed by atoms with Gasteiger partial charge in [-0.3, -0.25) is 0 Å². The molecule has 2 aliphatic heterocycles. The first-order valence-electron chi connectivity index (χ1n) is 9.74. The van der Waals surface area contributed by atoms with Crippen molar-refractivity contribution in [3.63, 3.8) is 0 Å². The van der Waals surface area contributed by atoms with E-state index in [0.29, 0.717) is 6.04 Å². The molecule has 4 rings (SSSR count). The van der Waals surface area contributed by atoms with Crippen LogP contribution in [0, 0.1) is 6.92 Å². The van der Waals surface area contributed by atoms with E-state index in [4.69, 9.17) is 9.97 Å². The Morgan fingerprint density at radius 3 is 2.76 bits per heavy atom. The van der Waals surface area contributed by atoms with E-state index in [-0.39, 0.29) is 0 Å². The lowest BCUT2D eigenvalue weighted by molar-refractivity contribution is 0.446. The summed E-state index contributed by atoms with van der Waals surface area (Å²) >= 11 is 0. The van der Waals surface area contributed by atoms with Gasteiger partial charge in [0.25, 0.3) is 0 Å². The summed E-state index contributed by atoms with van der Waals surface area (Å²) in [6, 6.07) is 11.6. The lowest BCUT2D eigenvalue weighted by Crippen LogP contribution is -2.40. The first-order chi connectivity index (χ1) is 12.3. The van der Waals surface area contributed by atoms with Crippen molar-refractivity contribution in [1.29, 1.82) is 0 Å². The molecule has 1 saturated heterocycles. The molecule has 0 bridgehead atoms. The Morgan fingerprint density at radius 2 is 1.88 bits per heavy atom. The highest BCUT2D eigenvalue weighted by Gasteiger charge is 2.25. The normalized spacial score (nSPS) is 20.5. The fourth-order valence-corrected chi connectivity index (χ4v) is 4.32. The number of anilines is 3. The van der Waals surface area contributed by atoms with Gasteiger partial charge in [0.1, 0.15) is 17.5 Å². The molecule has 0 aliphatic carbocycles. The van der Waals surface area contributed by atoms with Crippen LogP contribution in [0.25, 0.3) is 0 Å². The van der Waals surface area contributed by atoms with Gasteiger partial charge in [0.15, 0.2) is 0 Å². The molecule has 4 heteroatoms. The molecule has 0 saturated carbocycles. The van der Waals surface area contributed by atoms with Crippen LogP contribution in [0.15, 0.2) is 30.3 Å². The predicted octanol–water partition coefficient (Wildman–Crippen LogP) is 4.64. The minimum Gasteiger partial charge on any atom is -0.353 e. The monoisotopic (exact) mass is 336 g/mol. The summed E-state index contributed by atoms with van der Waals surface area (Å²) in [7, 11) is 0. The second-order valence-corrected chi connectivity index (χ2v) is 7.27. The van der Waals surface area contributed by atoms with Crippen molar-refractivity contribution in [2.75, 3.05) is 22.9 Å². The SMILES string of the molecule is CCC1CCCCN1c1cc(N2CCCc3ccccc32)nc(C)n1. The third-order valence-electron chi connectivity index (χ3n) is 5.59. The van der Waals surface area contributed by atoms with E-state index in [1.54, 1.807) is 0 Å². The summed E-state index contributed by atoms with van der Waals surface area (Å²) in [6.45, 7) is 6.46. The summed E-state index contributed by atoms with van der Waals surface area (Å²) in [6.07, 6.45) is 7.41. The molecule has 0 N–H and O–H groups in total. The topological polar surface area (TPSA) is 32.3 Å². The number of para-hydroxylation sites is 1. The van der Waals surface area contributed by atoms with Gasteiger partial charge in [-0.2, -0.15) is 0 Å². The minimum absolute atomic E-state index is 0.615. The molecule has 1 aromatic heterocycles. The number of fused-ring (bicyclic) bond motifs is 1. The van der Waals surface area contributed by atoms with Crippen molar-refractivity contribution in [2.45, 2.75) is 58.4 Å². The second-order valence-electron chi connectivity index (χ2n) is 7.27. The molecule has 2 aromatic rings. The average Bonchev–Trinajstić information content (AvgIpc) is 2.67. The van der Waals surface area contributed by atoms with E-state index in [9.17, 15) is 0 Å². The highest BCUT2D eigenvalue weighted by atomic mass is 15.3. The van der Waals surface area contributed by atoms with E-state index in [2.05, 4.69) is 47.1 Å². The smallest absolute Gasteiger partial charge is 0.138 e. The lowest BCUT2D eigenvalue weighted by atomic mass is 10.00. The highest BCUT2D eigenvalue weighted by molar-refractivity contribution is 5.67. The highest BCUT2D eigenvalue weighted by Crippen LogP contribution is 2.34. The van der Waals surface area contributed by atoms with Crippen molar-refractivity contribution in [3.05, 3.63) is 41.7 Å². The molecule has 0 amide bonds. The van der Waals surface area contributed by atoms with Crippen molar-refractivity contribution in [3.8, 4) is 0 Å². The molecule has 1 fully saturated rings. The second kappa shape index (κ2) is 7.03. The molecule has 0 spiro atoms. The van der Waals surface area contributed by atoms with Gasteiger partial charge < -0.3 is 9.80 Å². The van der Waals surface area contributed by atoms with Crippen LogP contribution in [0.1, 0.15) is 50.4 Å². The van der Waals surface area contributed by atoms with Crippen molar-refractivity contribution in [1.82, 2.24) is 9.97 Å². The molecule has 1 unspecified atom stereocenters. The summed E-state index contributed by atoms with van der Waals surface area (Å²) in [4.78, 5) is 14.5. The average molecular weight is 336 g/mol. The van der Waals surface area contributed by atoms with Crippen LogP contribution in [0.2, 0.25) is 0 Å². The van der Waals surface area contributed by atoms with Crippen LogP contribution < -0.4 is 9.80 Å². The number of aromatic nitrogens is 2. The first kappa shape index (κ1) is 16.4. The number of benzene rings is 1. The standard InChI is InChI=1S/C21H28N4/c1-3-18-11-6-7-13-24(18)20-15-21(23-16(2)22-20)25-14-8-10-17-9-4-5-12-19(17)25/h4-5,9,12,15,18H,3,6-8,10-11,13-14H2,1-2H3. The van der Waals surface area contributed by atoms with Gasteiger partial charge in [0.2, 0.25) is 0 Å². The van der Waals surface area contributed by atoms with Crippen LogP contribution in [-0.2, 0) is 6.42 Å². The van der Waals surface area contributed by atoms with Gasteiger partial charge >= 0.3 is 0 Å². The summed E-state index contributed by atoms with van der Waals surface area (Å²) in [5, 5.41) is 0. The van der Waals surface area contributed by atoms with E-state index in [1.165, 1.54) is 43.4 Å². The van der Waals surface area contributed by atoms with Crippen molar-refractivity contribution < 1.29 is 0 Å². The maximum absolute atomic E-state index is 4.79. The maximum atomic E-state index is 4.79. The molecule has 1 aromatic carbocycles. The Hall–Kier alpha value is -2.10. The zero-order chi connectivity index (χ0) is 17.2. The van der Waals surface area contributed by atoms with Crippen molar-refractivity contribution in [2.24, 2.45) is 0 Å². The molecule has 3 heterocycles. The van der Waals surface area contributed by atoms with Crippen LogP contribution in [0.4, 0.5) is 17.3 Å².